The molecule has 0 radical (unpaired) electrons. The van der Waals surface area contributed by atoms with Gasteiger partial charge in [-0.2, -0.15) is 0 Å². The number of amides is 1. The predicted molar refractivity (Wildman–Crippen MR) is 102 cm³/mol. The van der Waals surface area contributed by atoms with E-state index in [1.807, 2.05) is 25.1 Å². The molecular weight excluding hydrogens is 347 g/mol. The highest BCUT2D eigenvalue weighted by Gasteiger charge is 2.13. The molecule has 27 heavy (non-hydrogen) atoms. The number of nitrogens with zero attached hydrogens (tertiary/aromatic N) is 2. The Morgan fingerprint density at radius 3 is 2.48 bits per heavy atom. The number of aryl methyl sites for hydroxylation is 2. The first-order valence-electron chi connectivity index (χ1n) is 8.29. The van der Waals surface area contributed by atoms with Crippen molar-refractivity contribution in [3.8, 4) is 5.75 Å². The van der Waals surface area contributed by atoms with Crippen LogP contribution in [0.1, 0.15) is 21.7 Å². The summed E-state index contributed by atoms with van der Waals surface area (Å²) >= 11 is 0. The third-order valence-corrected chi connectivity index (χ3v) is 3.79. The molecular formula is C20H19FN4O2. The fourth-order valence-electron chi connectivity index (χ4n) is 2.51. The van der Waals surface area contributed by atoms with Gasteiger partial charge in [0.1, 0.15) is 17.3 Å². The normalized spacial score (nSPS) is 10.4. The molecule has 0 fully saturated rings. The lowest BCUT2D eigenvalue weighted by Crippen LogP contribution is -2.15. The molecule has 0 saturated heterocycles. The second-order valence-electron chi connectivity index (χ2n) is 6.01. The van der Waals surface area contributed by atoms with Crippen molar-refractivity contribution in [2.24, 2.45) is 0 Å². The predicted octanol–water partition coefficient (Wildman–Crippen LogP) is 4.24. The Kier molecular flexibility index (Phi) is 5.30. The van der Waals surface area contributed by atoms with Gasteiger partial charge in [0.05, 0.1) is 12.8 Å². The number of hydrogen-bond donors (Lipinski definition) is 2. The molecule has 0 aliphatic heterocycles. The Hall–Kier alpha value is -3.48. The Morgan fingerprint density at radius 1 is 1.04 bits per heavy atom. The molecule has 2 aromatic carbocycles. The first-order valence-corrected chi connectivity index (χ1v) is 8.29. The number of aromatic nitrogens is 2. The lowest BCUT2D eigenvalue weighted by molar-refractivity contribution is 0.102. The number of carbonyl (C=O) groups is 1. The maximum atomic E-state index is 13.0. The van der Waals surface area contributed by atoms with Gasteiger partial charge in [-0.3, -0.25) is 4.79 Å². The van der Waals surface area contributed by atoms with Crippen LogP contribution in [0.4, 0.5) is 21.7 Å². The molecule has 7 heteroatoms. The second-order valence-corrected chi connectivity index (χ2v) is 6.01. The van der Waals surface area contributed by atoms with Crippen LogP contribution in [0.15, 0.2) is 48.5 Å². The van der Waals surface area contributed by atoms with Crippen molar-refractivity contribution in [1.82, 2.24) is 9.97 Å². The summed E-state index contributed by atoms with van der Waals surface area (Å²) in [7, 11) is 1.58. The second kappa shape index (κ2) is 7.82. The summed E-state index contributed by atoms with van der Waals surface area (Å²) in [4.78, 5) is 21.1. The number of nitrogens with one attached hydrogen (secondary N) is 2. The zero-order valence-electron chi connectivity index (χ0n) is 15.2. The van der Waals surface area contributed by atoms with Crippen LogP contribution < -0.4 is 15.4 Å². The van der Waals surface area contributed by atoms with Gasteiger partial charge in [-0.1, -0.05) is 6.07 Å². The van der Waals surface area contributed by atoms with Crippen LogP contribution in [0.25, 0.3) is 0 Å². The van der Waals surface area contributed by atoms with E-state index in [1.165, 1.54) is 24.3 Å². The fraction of sp³-hybridized carbons (Fsp3) is 0.150. The molecule has 3 rings (SSSR count). The van der Waals surface area contributed by atoms with Crippen LogP contribution >= 0.6 is 0 Å². The molecule has 0 saturated carbocycles. The molecule has 2 N–H and O–H groups in total. The smallest absolute Gasteiger partial charge is 0.274 e. The number of hydrogen-bond acceptors (Lipinski definition) is 5. The van der Waals surface area contributed by atoms with Gasteiger partial charge in [0, 0.05) is 11.4 Å². The van der Waals surface area contributed by atoms with Gasteiger partial charge in [-0.05, 0) is 61.9 Å². The van der Waals surface area contributed by atoms with Crippen LogP contribution in [0, 0.1) is 19.7 Å². The van der Waals surface area contributed by atoms with E-state index in [-0.39, 0.29) is 17.5 Å². The van der Waals surface area contributed by atoms with Crippen molar-refractivity contribution < 1.29 is 13.9 Å². The van der Waals surface area contributed by atoms with E-state index in [2.05, 4.69) is 20.6 Å². The van der Waals surface area contributed by atoms with Crippen molar-refractivity contribution in [3.63, 3.8) is 0 Å². The molecule has 0 spiro atoms. The lowest BCUT2D eigenvalue weighted by atomic mass is 10.2. The number of halogens is 1. The van der Waals surface area contributed by atoms with Crippen molar-refractivity contribution in [2.75, 3.05) is 17.7 Å². The average Bonchev–Trinajstić information content (AvgIpc) is 2.63. The lowest BCUT2D eigenvalue weighted by Gasteiger charge is -2.12. The standard InChI is InChI=1S/C20H19FN4O2/c1-12-4-9-18(27-3)16(10-12)24-20-22-13(2)11-17(25-20)19(26)23-15-7-5-14(21)6-8-15/h4-11H,1-3H3,(H,23,26)(H,22,24,25). The Balaban J connectivity index is 1.85. The van der Waals surface area contributed by atoms with Crippen molar-refractivity contribution in [1.29, 1.82) is 0 Å². The molecule has 0 unspecified atom stereocenters. The van der Waals surface area contributed by atoms with E-state index in [1.54, 1.807) is 20.1 Å². The number of ether oxygens (including phenoxy) is 1. The zero-order valence-corrected chi connectivity index (χ0v) is 15.2. The molecule has 1 heterocycles. The molecule has 1 aromatic heterocycles. The minimum atomic E-state index is -0.411. The first kappa shape index (κ1) is 18.3. The van der Waals surface area contributed by atoms with E-state index in [4.69, 9.17) is 4.74 Å². The summed E-state index contributed by atoms with van der Waals surface area (Å²) in [5, 5.41) is 5.78. The Bertz CT molecular complexity index is 974. The van der Waals surface area contributed by atoms with Crippen LogP contribution in [-0.4, -0.2) is 23.0 Å². The third-order valence-electron chi connectivity index (χ3n) is 3.79. The van der Waals surface area contributed by atoms with Gasteiger partial charge in [0.15, 0.2) is 0 Å². The first-order chi connectivity index (χ1) is 12.9. The average molecular weight is 366 g/mol. The highest BCUT2D eigenvalue weighted by molar-refractivity contribution is 6.03. The van der Waals surface area contributed by atoms with Crippen molar-refractivity contribution in [2.45, 2.75) is 13.8 Å². The van der Waals surface area contributed by atoms with Gasteiger partial charge in [-0.25, -0.2) is 14.4 Å². The van der Waals surface area contributed by atoms with Gasteiger partial charge in [-0.15, -0.1) is 0 Å². The summed E-state index contributed by atoms with van der Waals surface area (Å²) in [5.74, 6) is 0.141. The quantitative estimate of drug-likeness (QED) is 0.706. The van der Waals surface area contributed by atoms with E-state index < -0.39 is 5.91 Å². The fourth-order valence-corrected chi connectivity index (χ4v) is 2.51. The molecule has 1 amide bonds. The van der Waals surface area contributed by atoms with Crippen LogP contribution in [-0.2, 0) is 0 Å². The largest absolute Gasteiger partial charge is 0.495 e. The summed E-state index contributed by atoms with van der Waals surface area (Å²) in [6, 6.07) is 12.8. The molecule has 0 aliphatic rings. The number of carbonyl (C=O) groups excluding carboxylic acids is 1. The zero-order chi connectivity index (χ0) is 19.4. The third kappa shape index (κ3) is 4.58. The van der Waals surface area contributed by atoms with E-state index >= 15 is 0 Å². The molecule has 3 aromatic rings. The van der Waals surface area contributed by atoms with Gasteiger partial charge >= 0.3 is 0 Å². The van der Waals surface area contributed by atoms with Crippen LogP contribution in [0.5, 0.6) is 5.75 Å². The van der Waals surface area contributed by atoms with E-state index in [0.29, 0.717) is 22.8 Å². The molecule has 138 valence electrons. The van der Waals surface area contributed by atoms with Gasteiger partial charge < -0.3 is 15.4 Å². The van der Waals surface area contributed by atoms with E-state index in [9.17, 15) is 9.18 Å². The SMILES string of the molecule is COc1ccc(C)cc1Nc1nc(C)cc(C(=O)Nc2ccc(F)cc2)n1. The minimum Gasteiger partial charge on any atom is -0.495 e. The molecule has 0 aliphatic carbocycles. The number of benzene rings is 2. The van der Waals surface area contributed by atoms with Crippen LogP contribution in [0.2, 0.25) is 0 Å². The molecule has 0 atom stereocenters. The van der Waals surface area contributed by atoms with Crippen molar-refractivity contribution >= 4 is 23.2 Å². The summed E-state index contributed by atoms with van der Waals surface area (Å²) in [6.45, 7) is 3.73. The summed E-state index contributed by atoms with van der Waals surface area (Å²) < 4.78 is 18.3. The highest BCUT2D eigenvalue weighted by atomic mass is 19.1. The molecule has 0 bridgehead atoms. The maximum absolute atomic E-state index is 13.0. The number of methoxy groups -OCH3 is 1. The van der Waals surface area contributed by atoms with E-state index in [0.717, 1.165) is 5.56 Å². The summed E-state index contributed by atoms with van der Waals surface area (Å²) in [6.07, 6.45) is 0. The van der Waals surface area contributed by atoms with Gasteiger partial charge in [0.25, 0.3) is 5.91 Å². The number of rotatable bonds is 5. The van der Waals surface area contributed by atoms with Crippen molar-refractivity contribution in [3.05, 3.63) is 71.3 Å². The topological polar surface area (TPSA) is 76.1 Å². The molecule has 6 nitrogen and oxygen atoms in total. The Morgan fingerprint density at radius 2 is 1.78 bits per heavy atom. The number of anilines is 3. The maximum Gasteiger partial charge on any atom is 0.274 e. The minimum absolute atomic E-state index is 0.195. The summed E-state index contributed by atoms with van der Waals surface area (Å²) in [5.41, 5.74) is 3.05. The highest BCUT2D eigenvalue weighted by Crippen LogP contribution is 2.27. The Labute approximate surface area is 156 Å². The monoisotopic (exact) mass is 366 g/mol. The van der Waals surface area contributed by atoms with Crippen LogP contribution in [0.3, 0.4) is 0 Å². The van der Waals surface area contributed by atoms with Gasteiger partial charge in [0.2, 0.25) is 5.95 Å².